The topological polar surface area (TPSA) is 3.24 Å². The highest BCUT2D eigenvalue weighted by Gasteiger charge is 2.41. The van der Waals surface area contributed by atoms with Gasteiger partial charge in [0.2, 0.25) is 0 Å². The van der Waals surface area contributed by atoms with E-state index in [1.54, 1.807) is 0 Å². The van der Waals surface area contributed by atoms with E-state index in [-0.39, 0.29) is 5.41 Å². The van der Waals surface area contributed by atoms with Crippen LogP contribution in [0.3, 0.4) is 0 Å². The first-order valence-corrected chi connectivity index (χ1v) is 21.2. The van der Waals surface area contributed by atoms with Crippen molar-refractivity contribution in [1.82, 2.24) is 0 Å². The minimum atomic E-state index is -0.252. The van der Waals surface area contributed by atoms with Gasteiger partial charge >= 0.3 is 0 Å². The van der Waals surface area contributed by atoms with Crippen LogP contribution in [-0.2, 0) is 5.41 Å². The molecule has 1 aliphatic rings. The Kier molecular flexibility index (Phi) is 9.02. The molecule has 10 aromatic carbocycles. The molecule has 0 saturated heterocycles. The number of nitrogens with zero attached hydrogens (tertiary/aromatic N) is 1. The number of para-hydroxylation sites is 1. The summed E-state index contributed by atoms with van der Waals surface area (Å²) in [4.78, 5) is 2.43. The summed E-state index contributed by atoms with van der Waals surface area (Å²) < 4.78 is 0. The van der Waals surface area contributed by atoms with Gasteiger partial charge in [-0.15, -0.1) is 0 Å². The van der Waals surface area contributed by atoms with Crippen molar-refractivity contribution >= 4 is 27.8 Å². The maximum atomic E-state index is 2.43. The average Bonchev–Trinajstić information content (AvgIpc) is 3.61. The summed E-state index contributed by atoms with van der Waals surface area (Å²) in [6, 6.07) is 88.6. The van der Waals surface area contributed by atoms with Crippen molar-refractivity contribution in [1.29, 1.82) is 0 Å². The Labute approximate surface area is 358 Å². The molecule has 0 aliphatic heterocycles. The minimum absolute atomic E-state index is 0.252. The zero-order valence-corrected chi connectivity index (χ0v) is 34.0. The largest absolute Gasteiger partial charge is 0.310 e. The van der Waals surface area contributed by atoms with E-state index in [0.717, 1.165) is 17.1 Å². The summed E-state index contributed by atoms with van der Waals surface area (Å²) in [7, 11) is 0. The van der Waals surface area contributed by atoms with E-state index in [2.05, 4.69) is 254 Å². The molecule has 288 valence electrons. The van der Waals surface area contributed by atoms with Gasteiger partial charge in [0.25, 0.3) is 0 Å². The van der Waals surface area contributed by atoms with Crippen LogP contribution in [0.2, 0.25) is 0 Å². The quantitative estimate of drug-likeness (QED) is 0.149. The van der Waals surface area contributed by atoms with Crippen molar-refractivity contribution < 1.29 is 0 Å². The molecule has 0 fully saturated rings. The molecular formula is C60H43N. The second-order valence-corrected chi connectivity index (χ2v) is 16.2. The van der Waals surface area contributed by atoms with Crippen LogP contribution in [0.25, 0.3) is 66.4 Å². The lowest BCUT2D eigenvalue weighted by Crippen LogP contribution is -2.22. The third kappa shape index (κ3) is 6.17. The van der Waals surface area contributed by atoms with Crippen LogP contribution in [0.1, 0.15) is 23.6 Å². The van der Waals surface area contributed by atoms with Crippen LogP contribution in [0.5, 0.6) is 0 Å². The summed E-state index contributed by atoms with van der Waals surface area (Å²) in [5.41, 5.74) is 19.3. The average molecular weight is 778 g/mol. The fourth-order valence-electron chi connectivity index (χ4n) is 9.84. The number of anilines is 3. The molecule has 0 saturated carbocycles. The Balaban J connectivity index is 1.07. The van der Waals surface area contributed by atoms with Gasteiger partial charge in [0.05, 0.1) is 5.69 Å². The zero-order chi connectivity index (χ0) is 40.8. The fraction of sp³-hybridized carbons (Fsp3) is 0.0333. The Morgan fingerprint density at radius 2 is 0.770 bits per heavy atom. The van der Waals surface area contributed by atoms with Crippen LogP contribution in [0.4, 0.5) is 17.1 Å². The Morgan fingerprint density at radius 3 is 1.46 bits per heavy atom. The normalized spacial score (nSPS) is 14.0. The van der Waals surface area contributed by atoms with Gasteiger partial charge in [0.1, 0.15) is 0 Å². The first-order valence-electron chi connectivity index (χ1n) is 21.2. The molecule has 0 spiro atoms. The first-order chi connectivity index (χ1) is 30.2. The second kappa shape index (κ2) is 15.1. The van der Waals surface area contributed by atoms with Gasteiger partial charge in [0.15, 0.2) is 0 Å². The third-order valence-electron chi connectivity index (χ3n) is 12.8. The van der Waals surface area contributed by atoms with Crippen molar-refractivity contribution in [3.8, 4) is 55.6 Å². The number of benzene rings is 10. The molecule has 61 heavy (non-hydrogen) atoms. The third-order valence-corrected chi connectivity index (χ3v) is 12.8. The molecule has 11 rings (SSSR count). The molecule has 10 aromatic rings. The summed E-state index contributed by atoms with van der Waals surface area (Å²) >= 11 is 0. The number of rotatable bonds is 8. The highest BCUT2D eigenvalue weighted by molar-refractivity contribution is 6.09. The predicted octanol–water partition coefficient (Wildman–Crippen LogP) is 16.3. The van der Waals surface area contributed by atoms with E-state index in [1.165, 1.54) is 83.1 Å². The Bertz CT molecular complexity index is 3160. The van der Waals surface area contributed by atoms with E-state index >= 15 is 0 Å². The maximum absolute atomic E-state index is 2.43. The molecule has 0 bridgehead atoms. The van der Waals surface area contributed by atoms with Gasteiger partial charge < -0.3 is 4.90 Å². The highest BCUT2D eigenvalue weighted by atomic mass is 15.1. The summed E-state index contributed by atoms with van der Waals surface area (Å²) in [6.07, 6.45) is 0. The number of hydrogen-bond acceptors (Lipinski definition) is 1. The highest BCUT2D eigenvalue weighted by Crippen LogP contribution is 2.55. The Hall–Kier alpha value is -7.74. The molecule has 0 aromatic heterocycles. The molecule has 1 heteroatoms. The Morgan fingerprint density at radius 1 is 0.311 bits per heavy atom. The smallest absolute Gasteiger partial charge is 0.0540 e. The lowest BCUT2D eigenvalue weighted by atomic mass is 9.74. The van der Waals surface area contributed by atoms with E-state index in [1.807, 2.05) is 0 Å². The van der Waals surface area contributed by atoms with E-state index < -0.39 is 0 Å². The molecule has 1 aliphatic carbocycles. The lowest BCUT2D eigenvalue weighted by molar-refractivity contribution is 0.714. The van der Waals surface area contributed by atoms with Gasteiger partial charge in [-0.2, -0.15) is 0 Å². The molecule has 0 N–H and O–H groups in total. The van der Waals surface area contributed by atoms with Gasteiger partial charge in [-0.05, 0) is 115 Å². The van der Waals surface area contributed by atoms with Crippen molar-refractivity contribution in [3.63, 3.8) is 0 Å². The van der Waals surface area contributed by atoms with Crippen molar-refractivity contribution in [2.24, 2.45) is 0 Å². The molecule has 1 atom stereocenters. The standard InChI is InChI=1S/C60H43N/c1-60(47-24-9-4-10-25-47)55-31-13-11-27-54(55)59-51(29-17-32-56(59)60)45-36-40-49(41-37-45)61(48-38-34-43(35-39-48)42-18-5-2-6-19-42)57-33-14-12-26-52(57)53-30-16-23-46-22-15-28-50(58(46)53)44-20-7-3-8-21-44/h2-41H,1H3. The molecule has 0 radical (unpaired) electrons. The van der Waals surface area contributed by atoms with Crippen molar-refractivity contribution in [2.45, 2.75) is 12.3 Å². The summed E-state index contributed by atoms with van der Waals surface area (Å²) in [5, 5.41) is 2.47. The van der Waals surface area contributed by atoms with Crippen LogP contribution >= 0.6 is 0 Å². The molecule has 0 heterocycles. The zero-order valence-electron chi connectivity index (χ0n) is 34.0. The summed E-state index contributed by atoms with van der Waals surface area (Å²) in [6.45, 7) is 2.39. The monoisotopic (exact) mass is 777 g/mol. The number of hydrogen-bond donors (Lipinski definition) is 0. The molecule has 1 nitrogen and oxygen atoms in total. The fourth-order valence-corrected chi connectivity index (χ4v) is 9.84. The molecule has 1 unspecified atom stereocenters. The maximum Gasteiger partial charge on any atom is 0.0540 e. The molecular weight excluding hydrogens is 735 g/mol. The van der Waals surface area contributed by atoms with E-state index in [9.17, 15) is 0 Å². The minimum Gasteiger partial charge on any atom is -0.310 e. The van der Waals surface area contributed by atoms with E-state index in [0.29, 0.717) is 0 Å². The van der Waals surface area contributed by atoms with Crippen molar-refractivity contribution in [3.05, 3.63) is 259 Å². The number of fused-ring (bicyclic) bond motifs is 4. The van der Waals surface area contributed by atoms with Gasteiger partial charge in [-0.3, -0.25) is 0 Å². The van der Waals surface area contributed by atoms with Gasteiger partial charge in [-0.25, -0.2) is 0 Å². The van der Waals surface area contributed by atoms with Crippen LogP contribution < -0.4 is 4.90 Å². The summed E-state index contributed by atoms with van der Waals surface area (Å²) in [5.74, 6) is 0. The first kappa shape index (κ1) is 36.3. The molecule has 0 amide bonds. The van der Waals surface area contributed by atoms with Gasteiger partial charge in [-0.1, -0.05) is 212 Å². The van der Waals surface area contributed by atoms with Crippen LogP contribution in [0, 0.1) is 0 Å². The SMILES string of the molecule is CC1(c2ccccc2)c2ccccc2-c2c(-c3ccc(N(c4ccc(-c5ccccc5)cc4)c4ccccc4-c4cccc5cccc(-c6ccccc6)c45)cc3)cccc21. The lowest BCUT2D eigenvalue weighted by Gasteiger charge is -2.29. The predicted molar refractivity (Wildman–Crippen MR) is 258 cm³/mol. The van der Waals surface area contributed by atoms with Crippen LogP contribution in [0.15, 0.2) is 243 Å². The van der Waals surface area contributed by atoms with Crippen LogP contribution in [-0.4, -0.2) is 0 Å². The van der Waals surface area contributed by atoms with E-state index in [4.69, 9.17) is 0 Å². The van der Waals surface area contributed by atoms with Crippen molar-refractivity contribution in [2.75, 3.05) is 4.90 Å². The second-order valence-electron chi connectivity index (χ2n) is 16.2. The van der Waals surface area contributed by atoms with Gasteiger partial charge in [0, 0.05) is 22.4 Å².